The largest absolute Gasteiger partial charge is 0.493 e. The topological polar surface area (TPSA) is 83.1 Å². The van der Waals surface area contributed by atoms with Crippen LogP contribution in [-0.2, 0) is 20.7 Å². The van der Waals surface area contributed by atoms with Crippen molar-refractivity contribution < 1.29 is 37.3 Å². The van der Waals surface area contributed by atoms with Gasteiger partial charge in [0.2, 0.25) is 0 Å². The molecule has 2 aromatic carbocycles. The van der Waals surface area contributed by atoms with Crippen LogP contribution < -0.4 is 19.5 Å². The van der Waals surface area contributed by atoms with Crippen molar-refractivity contribution in [3.8, 4) is 17.2 Å². The van der Waals surface area contributed by atoms with E-state index in [2.05, 4.69) is 10.1 Å². The van der Waals surface area contributed by atoms with Crippen molar-refractivity contribution in [1.82, 2.24) is 5.32 Å². The van der Waals surface area contributed by atoms with Gasteiger partial charge in [-0.1, -0.05) is 24.3 Å². The lowest BCUT2D eigenvalue weighted by Crippen LogP contribution is -2.31. The standard InChI is InChI=1S/C20H21F2NO6/c1-26-17-11-14(7-8-16(17)29-20(21)22)9-10-23-18(24)12-28-19(25)13-27-15-5-3-2-4-6-15/h2-8,11,20H,9-10,12-13H2,1H3,(H,23,24). The fourth-order valence-corrected chi connectivity index (χ4v) is 2.30. The lowest BCUT2D eigenvalue weighted by atomic mass is 10.1. The summed E-state index contributed by atoms with van der Waals surface area (Å²) in [6.07, 6.45) is 0.419. The Morgan fingerprint density at radius 3 is 2.48 bits per heavy atom. The summed E-state index contributed by atoms with van der Waals surface area (Å²) in [7, 11) is 1.34. The van der Waals surface area contributed by atoms with E-state index in [-0.39, 0.29) is 24.7 Å². The van der Waals surface area contributed by atoms with Gasteiger partial charge in [-0.15, -0.1) is 0 Å². The second-order valence-corrected chi connectivity index (χ2v) is 5.73. The Morgan fingerprint density at radius 1 is 1.03 bits per heavy atom. The van der Waals surface area contributed by atoms with Gasteiger partial charge in [-0.3, -0.25) is 4.79 Å². The number of esters is 1. The third-order valence-corrected chi connectivity index (χ3v) is 3.64. The minimum absolute atomic E-state index is 0.0695. The molecule has 0 aromatic heterocycles. The molecule has 0 aliphatic rings. The summed E-state index contributed by atoms with van der Waals surface area (Å²) in [5.74, 6) is -0.512. The zero-order valence-corrected chi connectivity index (χ0v) is 15.7. The molecule has 0 bridgehead atoms. The normalized spacial score (nSPS) is 10.3. The number of carbonyl (C=O) groups is 2. The van der Waals surface area contributed by atoms with Gasteiger partial charge in [0.15, 0.2) is 24.7 Å². The molecule has 1 amide bonds. The average Bonchev–Trinajstić information content (AvgIpc) is 2.72. The quantitative estimate of drug-likeness (QED) is 0.575. The summed E-state index contributed by atoms with van der Waals surface area (Å²) in [5.41, 5.74) is 0.747. The van der Waals surface area contributed by atoms with E-state index in [0.717, 1.165) is 5.56 Å². The molecule has 2 rings (SSSR count). The second kappa shape index (κ2) is 11.5. The zero-order valence-electron chi connectivity index (χ0n) is 15.7. The molecule has 0 aliphatic carbocycles. The van der Waals surface area contributed by atoms with Gasteiger partial charge in [-0.25, -0.2) is 4.79 Å². The first-order chi connectivity index (χ1) is 14.0. The van der Waals surface area contributed by atoms with Gasteiger partial charge in [0, 0.05) is 6.54 Å². The average molecular weight is 409 g/mol. The minimum atomic E-state index is -2.95. The van der Waals surface area contributed by atoms with Crippen molar-refractivity contribution >= 4 is 11.9 Å². The molecule has 2 aromatic rings. The molecule has 1 N–H and O–H groups in total. The Bertz CT molecular complexity index is 801. The van der Waals surface area contributed by atoms with Crippen LogP contribution in [-0.4, -0.2) is 45.4 Å². The molecule has 0 atom stereocenters. The van der Waals surface area contributed by atoms with Gasteiger partial charge in [-0.05, 0) is 36.2 Å². The van der Waals surface area contributed by atoms with E-state index in [1.807, 2.05) is 6.07 Å². The first-order valence-corrected chi connectivity index (χ1v) is 8.70. The maximum atomic E-state index is 12.3. The van der Waals surface area contributed by atoms with Gasteiger partial charge in [0.05, 0.1) is 7.11 Å². The Hall–Kier alpha value is -3.36. The van der Waals surface area contributed by atoms with Crippen molar-refractivity contribution in [2.45, 2.75) is 13.0 Å². The number of carbonyl (C=O) groups excluding carboxylic acids is 2. The predicted molar refractivity (Wildman–Crippen MR) is 99.2 cm³/mol. The maximum absolute atomic E-state index is 12.3. The van der Waals surface area contributed by atoms with Gasteiger partial charge in [0.1, 0.15) is 5.75 Å². The van der Waals surface area contributed by atoms with E-state index in [1.165, 1.54) is 13.2 Å². The lowest BCUT2D eigenvalue weighted by Gasteiger charge is -2.12. The number of benzene rings is 2. The summed E-state index contributed by atoms with van der Waals surface area (Å²) >= 11 is 0. The fraction of sp³-hybridized carbons (Fsp3) is 0.300. The molecule has 0 unspecified atom stereocenters. The molecule has 0 saturated heterocycles. The number of methoxy groups -OCH3 is 1. The summed E-state index contributed by atoms with van der Waals surface area (Å²) < 4.78 is 44.1. The van der Waals surface area contributed by atoms with Crippen LogP contribution in [0.2, 0.25) is 0 Å². The Balaban J connectivity index is 1.68. The van der Waals surface area contributed by atoms with Crippen molar-refractivity contribution in [1.29, 1.82) is 0 Å². The lowest BCUT2D eigenvalue weighted by molar-refractivity contribution is -0.150. The number of rotatable bonds is 11. The van der Waals surface area contributed by atoms with Crippen LogP contribution in [0.25, 0.3) is 0 Å². The van der Waals surface area contributed by atoms with Gasteiger partial charge < -0.3 is 24.3 Å². The van der Waals surface area contributed by atoms with E-state index < -0.39 is 25.1 Å². The third kappa shape index (κ3) is 8.04. The van der Waals surface area contributed by atoms with Crippen molar-refractivity contribution in [3.05, 3.63) is 54.1 Å². The molecule has 156 valence electrons. The van der Waals surface area contributed by atoms with Crippen molar-refractivity contribution in [3.63, 3.8) is 0 Å². The molecular formula is C20H21F2NO6. The van der Waals surface area contributed by atoms with E-state index in [1.54, 1.807) is 36.4 Å². The first-order valence-electron chi connectivity index (χ1n) is 8.70. The highest BCUT2D eigenvalue weighted by atomic mass is 19.3. The zero-order chi connectivity index (χ0) is 21.1. The SMILES string of the molecule is COc1cc(CCNC(=O)COC(=O)COc2ccccc2)ccc1OC(F)F. The highest BCUT2D eigenvalue weighted by Gasteiger charge is 2.12. The smallest absolute Gasteiger partial charge is 0.387 e. The molecular weight excluding hydrogens is 388 g/mol. The Morgan fingerprint density at radius 2 is 1.79 bits per heavy atom. The molecule has 0 heterocycles. The monoisotopic (exact) mass is 409 g/mol. The van der Waals surface area contributed by atoms with Crippen LogP contribution in [0, 0.1) is 0 Å². The van der Waals surface area contributed by atoms with Crippen LogP contribution in [0.15, 0.2) is 48.5 Å². The van der Waals surface area contributed by atoms with Crippen molar-refractivity contribution in [2.24, 2.45) is 0 Å². The molecule has 0 saturated carbocycles. The third-order valence-electron chi connectivity index (χ3n) is 3.64. The van der Waals surface area contributed by atoms with E-state index in [9.17, 15) is 18.4 Å². The van der Waals surface area contributed by atoms with Gasteiger partial charge in [-0.2, -0.15) is 8.78 Å². The summed E-state index contributed by atoms with van der Waals surface area (Å²) in [6, 6.07) is 13.3. The number of hydrogen-bond acceptors (Lipinski definition) is 6. The number of alkyl halides is 2. The summed E-state index contributed by atoms with van der Waals surface area (Å²) in [6.45, 7) is -3.42. The van der Waals surface area contributed by atoms with E-state index >= 15 is 0 Å². The molecule has 0 spiro atoms. The molecule has 0 aliphatic heterocycles. The number of halogens is 2. The Labute approximate surface area is 166 Å². The number of nitrogens with one attached hydrogen (secondary N) is 1. The van der Waals surface area contributed by atoms with Gasteiger partial charge in [0.25, 0.3) is 5.91 Å². The summed E-state index contributed by atoms with van der Waals surface area (Å²) in [4.78, 5) is 23.3. The van der Waals surface area contributed by atoms with Crippen LogP contribution in [0.1, 0.15) is 5.56 Å². The number of amides is 1. The first kappa shape index (κ1) is 21.9. The Kier molecular flexibility index (Phi) is 8.68. The van der Waals surface area contributed by atoms with Gasteiger partial charge >= 0.3 is 12.6 Å². The molecule has 0 radical (unpaired) electrons. The second-order valence-electron chi connectivity index (χ2n) is 5.73. The number of ether oxygens (including phenoxy) is 4. The highest BCUT2D eigenvalue weighted by Crippen LogP contribution is 2.29. The minimum Gasteiger partial charge on any atom is -0.493 e. The van der Waals surface area contributed by atoms with E-state index in [4.69, 9.17) is 14.2 Å². The fourth-order valence-electron chi connectivity index (χ4n) is 2.30. The molecule has 29 heavy (non-hydrogen) atoms. The van der Waals surface area contributed by atoms with Crippen LogP contribution in [0.5, 0.6) is 17.2 Å². The number of hydrogen-bond donors (Lipinski definition) is 1. The molecule has 0 fully saturated rings. The van der Waals surface area contributed by atoms with Crippen LogP contribution >= 0.6 is 0 Å². The highest BCUT2D eigenvalue weighted by molar-refractivity contribution is 5.80. The number of para-hydroxylation sites is 1. The molecule has 9 heteroatoms. The van der Waals surface area contributed by atoms with Crippen LogP contribution in [0.3, 0.4) is 0 Å². The molecule has 7 nitrogen and oxygen atoms in total. The maximum Gasteiger partial charge on any atom is 0.387 e. The predicted octanol–water partition coefficient (Wildman–Crippen LogP) is 2.58. The summed E-state index contributed by atoms with van der Waals surface area (Å²) in [5, 5.41) is 2.60. The van der Waals surface area contributed by atoms with E-state index in [0.29, 0.717) is 12.2 Å². The van der Waals surface area contributed by atoms with Crippen LogP contribution in [0.4, 0.5) is 8.78 Å². The van der Waals surface area contributed by atoms with Crippen molar-refractivity contribution in [2.75, 3.05) is 26.9 Å².